The normalized spacial score (nSPS) is 17.7. The molecule has 1 aliphatic heterocycles. The van der Waals surface area contributed by atoms with Gasteiger partial charge in [0.15, 0.2) is 5.75 Å². The number of benzene rings is 1. The minimum atomic E-state index is 1.01. The number of aryl methyl sites for hydroxylation is 1. The molecular weight excluding hydrogens is 186 g/mol. The van der Waals surface area contributed by atoms with Gasteiger partial charge in [0.1, 0.15) is 0 Å². The van der Waals surface area contributed by atoms with Gasteiger partial charge < -0.3 is 4.84 Å². The third-order valence-electron chi connectivity index (χ3n) is 3.10. The minimum Gasteiger partial charge on any atom is -0.406 e. The lowest BCUT2D eigenvalue weighted by Gasteiger charge is -2.26. The maximum absolute atomic E-state index is 5.90. The van der Waals surface area contributed by atoms with E-state index in [-0.39, 0.29) is 0 Å². The summed E-state index contributed by atoms with van der Waals surface area (Å²) in [6.45, 7) is 6.37. The van der Waals surface area contributed by atoms with Crippen molar-refractivity contribution in [1.29, 1.82) is 0 Å². The first-order valence-corrected chi connectivity index (χ1v) is 5.76. The molecule has 1 aliphatic rings. The zero-order valence-corrected chi connectivity index (χ0v) is 9.62. The van der Waals surface area contributed by atoms with Crippen LogP contribution in [-0.2, 0) is 0 Å². The topological polar surface area (TPSA) is 12.5 Å². The summed E-state index contributed by atoms with van der Waals surface area (Å²) in [6, 6.07) is 6.23. The maximum atomic E-state index is 5.90. The molecule has 1 aromatic rings. The van der Waals surface area contributed by atoms with Gasteiger partial charge in [0.05, 0.1) is 0 Å². The van der Waals surface area contributed by atoms with Crippen LogP contribution in [0.2, 0.25) is 0 Å². The van der Waals surface area contributed by atoms with Crippen LogP contribution in [0.25, 0.3) is 0 Å². The molecule has 0 unspecified atom stereocenters. The Morgan fingerprint density at radius 3 is 2.53 bits per heavy atom. The highest BCUT2D eigenvalue weighted by Crippen LogP contribution is 2.22. The van der Waals surface area contributed by atoms with Gasteiger partial charge in [-0.25, -0.2) is 0 Å². The lowest BCUT2D eigenvalue weighted by molar-refractivity contribution is -0.0725. The van der Waals surface area contributed by atoms with E-state index in [4.69, 9.17) is 4.84 Å². The van der Waals surface area contributed by atoms with Crippen molar-refractivity contribution in [2.75, 3.05) is 13.1 Å². The van der Waals surface area contributed by atoms with Crippen LogP contribution in [0.4, 0.5) is 0 Å². The Morgan fingerprint density at radius 1 is 1.07 bits per heavy atom. The van der Waals surface area contributed by atoms with Crippen molar-refractivity contribution < 1.29 is 4.84 Å². The summed E-state index contributed by atoms with van der Waals surface area (Å²) in [5.41, 5.74) is 2.55. The standard InChI is InChI=1S/C13H19NO/c1-11-7-6-8-13(12(11)2)15-14-9-4-3-5-10-14/h6-8H,3-5,9-10H2,1-2H3. The average Bonchev–Trinajstić information content (AvgIpc) is 2.26. The SMILES string of the molecule is Cc1cccc(ON2CCCCC2)c1C. The van der Waals surface area contributed by atoms with Gasteiger partial charge in [-0.1, -0.05) is 18.6 Å². The molecule has 0 bridgehead atoms. The fourth-order valence-corrected chi connectivity index (χ4v) is 1.92. The van der Waals surface area contributed by atoms with Gasteiger partial charge in [0, 0.05) is 13.1 Å². The molecule has 2 heteroatoms. The van der Waals surface area contributed by atoms with Crippen LogP contribution in [0.1, 0.15) is 30.4 Å². The fraction of sp³-hybridized carbons (Fsp3) is 0.538. The molecular formula is C13H19NO. The number of rotatable bonds is 2. The number of piperidine rings is 1. The Balaban J connectivity index is 2.06. The molecule has 0 radical (unpaired) electrons. The Hall–Kier alpha value is -1.02. The lowest BCUT2D eigenvalue weighted by Crippen LogP contribution is -2.33. The van der Waals surface area contributed by atoms with Crippen molar-refractivity contribution >= 4 is 0 Å². The molecule has 0 aliphatic carbocycles. The summed E-state index contributed by atoms with van der Waals surface area (Å²) in [7, 11) is 0. The molecule has 0 aromatic heterocycles. The lowest BCUT2D eigenvalue weighted by atomic mass is 10.1. The van der Waals surface area contributed by atoms with Crippen LogP contribution < -0.4 is 4.84 Å². The first-order valence-electron chi connectivity index (χ1n) is 5.76. The van der Waals surface area contributed by atoms with Crippen molar-refractivity contribution in [2.24, 2.45) is 0 Å². The second-order valence-electron chi connectivity index (χ2n) is 4.28. The van der Waals surface area contributed by atoms with E-state index in [2.05, 4.69) is 37.1 Å². The van der Waals surface area contributed by atoms with Crippen molar-refractivity contribution in [2.45, 2.75) is 33.1 Å². The summed E-state index contributed by atoms with van der Waals surface area (Å²) >= 11 is 0. The highest BCUT2D eigenvalue weighted by molar-refractivity contribution is 5.37. The highest BCUT2D eigenvalue weighted by atomic mass is 16.7. The summed E-state index contributed by atoms with van der Waals surface area (Å²) < 4.78 is 0. The van der Waals surface area contributed by atoms with Gasteiger partial charge in [-0.15, -0.1) is 5.06 Å². The quantitative estimate of drug-likeness (QED) is 0.735. The second-order valence-corrected chi connectivity index (χ2v) is 4.28. The molecule has 1 fully saturated rings. The largest absolute Gasteiger partial charge is 0.406 e. The van der Waals surface area contributed by atoms with Crippen LogP contribution in [0, 0.1) is 13.8 Å². The molecule has 0 saturated carbocycles. The average molecular weight is 205 g/mol. The number of hydrogen-bond donors (Lipinski definition) is 0. The molecule has 0 amide bonds. The molecule has 1 saturated heterocycles. The number of hydrogen-bond acceptors (Lipinski definition) is 2. The molecule has 0 N–H and O–H groups in total. The summed E-state index contributed by atoms with van der Waals surface area (Å²) in [6.07, 6.45) is 3.85. The Kier molecular flexibility index (Phi) is 3.27. The van der Waals surface area contributed by atoms with Gasteiger partial charge >= 0.3 is 0 Å². The van der Waals surface area contributed by atoms with Crippen LogP contribution in [0.15, 0.2) is 18.2 Å². The zero-order chi connectivity index (χ0) is 10.7. The second kappa shape index (κ2) is 4.67. The van der Waals surface area contributed by atoms with Crippen molar-refractivity contribution in [3.8, 4) is 5.75 Å². The van der Waals surface area contributed by atoms with Gasteiger partial charge in [-0.3, -0.25) is 0 Å². The van der Waals surface area contributed by atoms with Crippen LogP contribution >= 0.6 is 0 Å². The van der Waals surface area contributed by atoms with Crippen molar-refractivity contribution in [3.63, 3.8) is 0 Å². The maximum Gasteiger partial charge on any atom is 0.150 e. The van der Waals surface area contributed by atoms with Crippen molar-refractivity contribution in [3.05, 3.63) is 29.3 Å². The first kappa shape index (κ1) is 10.5. The van der Waals surface area contributed by atoms with E-state index < -0.39 is 0 Å². The molecule has 82 valence electrons. The van der Waals surface area contributed by atoms with Gasteiger partial charge in [-0.05, 0) is 43.9 Å². The molecule has 0 spiro atoms. The highest BCUT2D eigenvalue weighted by Gasteiger charge is 2.12. The van der Waals surface area contributed by atoms with Gasteiger partial charge in [-0.2, -0.15) is 0 Å². The monoisotopic (exact) mass is 205 g/mol. The summed E-state index contributed by atoms with van der Waals surface area (Å²) in [5, 5.41) is 2.09. The summed E-state index contributed by atoms with van der Waals surface area (Å²) in [4.78, 5) is 5.90. The molecule has 0 atom stereocenters. The van der Waals surface area contributed by atoms with Gasteiger partial charge in [0.25, 0.3) is 0 Å². The predicted molar refractivity (Wildman–Crippen MR) is 62.0 cm³/mol. The first-order chi connectivity index (χ1) is 7.27. The molecule has 1 heterocycles. The van der Waals surface area contributed by atoms with Gasteiger partial charge in [0.2, 0.25) is 0 Å². The third kappa shape index (κ3) is 2.51. The number of nitrogens with zero attached hydrogens (tertiary/aromatic N) is 1. The Labute approximate surface area is 91.8 Å². The van der Waals surface area contributed by atoms with E-state index in [1.807, 2.05) is 0 Å². The van der Waals surface area contributed by atoms with E-state index in [1.165, 1.54) is 30.4 Å². The molecule has 2 rings (SSSR count). The minimum absolute atomic E-state index is 1.01. The van der Waals surface area contributed by atoms with Crippen LogP contribution in [-0.4, -0.2) is 18.2 Å². The molecule has 15 heavy (non-hydrogen) atoms. The summed E-state index contributed by atoms with van der Waals surface area (Å²) in [5.74, 6) is 1.01. The Bertz CT molecular complexity index is 329. The van der Waals surface area contributed by atoms with E-state index in [0.29, 0.717) is 0 Å². The van der Waals surface area contributed by atoms with E-state index in [9.17, 15) is 0 Å². The predicted octanol–water partition coefficient (Wildman–Crippen LogP) is 3.08. The fourth-order valence-electron chi connectivity index (χ4n) is 1.92. The Morgan fingerprint density at radius 2 is 1.80 bits per heavy atom. The van der Waals surface area contributed by atoms with E-state index in [1.54, 1.807) is 0 Å². The molecule has 2 nitrogen and oxygen atoms in total. The zero-order valence-electron chi connectivity index (χ0n) is 9.62. The van der Waals surface area contributed by atoms with Crippen LogP contribution in [0.5, 0.6) is 5.75 Å². The van der Waals surface area contributed by atoms with Crippen LogP contribution in [0.3, 0.4) is 0 Å². The van der Waals surface area contributed by atoms with Crippen molar-refractivity contribution in [1.82, 2.24) is 5.06 Å². The number of hydroxylamine groups is 2. The third-order valence-corrected chi connectivity index (χ3v) is 3.10. The molecule has 1 aromatic carbocycles. The van der Waals surface area contributed by atoms with E-state index in [0.717, 1.165) is 18.8 Å². The smallest absolute Gasteiger partial charge is 0.150 e. The van der Waals surface area contributed by atoms with E-state index >= 15 is 0 Å².